The smallest absolute Gasteiger partial charge is 0.214 e. The molecule has 96 valence electrons. The summed E-state index contributed by atoms with van der Waals surface area (Å²) in [7, 11) is -3.06. The summed E-state index contributed by atoms with van der Waals surface area (Å²) in [5.74, 6) is 0.967. The first kappa shape index (κ1) is 13.9. The summed E-state index contributed by atoms with van der Waals surface area (Å²) in [6, 6.07) is 0.150. The van der Waals surface area contributed by atoms with Gasteiger partial charge in [0.1, 0.15) is 0 Å². The molecular formula is C11H24N2O2S. The van der Waals surface area contributed by atoms with Crippen LogP contribution in [0.1, 0.15) is 33.6 Å². The second kappa shape index (κ2) is 5.47. The van der Waals surface area contributed by atoms with Crippen LogP contribution in [0.2, 0.25) is 0 Å². The van der Waals surface area contributed by atoms with Gasteiger partial charge in [0.2, 0.25) is 10.0 Å². The Morgan fingerprint density at radius 2 is 2.06 bits per heavy atom. The van der Waals surface area contributed by atoms with E-state index in [1.807, 2.05) is 20.8 Å². The molecule has 2 unspecified atom stereocenters. The van der Waals surface area contributed by atoms with Gasteiger partial charge < -0.3 is 5.73 Å². The summed E-state index contributed by atoms with van der Waals surface area (Å²) < 4.78 is 25.7. The fraction of sp³-hybridized carbons (Fsp3) is 1.00. The molecule has 0 aromatic rings. The molecule has 0 aromatic carbocycles. The highest BCUT2D eigenvalue weighted by atomic mass is 32.2. The van der Waals surface area contributed by atoms with Gasteiger partial charge in [0, 0.05) is 19.1 Å². The van der Waals surface area contributed by atoms with Crippen LogP contribution < -0.4 is 5.73 Å². The van der Waals surface area contributed by atoms with E-state index < -0.39 is 10.0 Å². The molecule has 0 aliphatic carbocycles. The number of nitrogens with zero attached hydrogens (tertiary/aromatic N) is 1. The third-order valence-electron chi connectivity index (χ3n) is 3.28. The van der Waals surface area contributed by atoms with Crippen molar-refractivity contribution in [2.45, 2.75) is 39.7 Å². The van der Waals surface area contributed by atoms with Crippen molar-refractivity contribution < 1.29 is 8.42 Å². The fourth-order valence-electron chi connectivity index (χ4n) is 1.89. The van der Waals surface area contributed by atoms with E-state index in [-0.39, 0.29) is 17.7 Å². The van der Waals surface area contributed by atoms with Crippen molar-refractivity contribution in [3.8, 4) is 0 Å². The molecule has 0 bridgehead atoms. The first-order valence-corrected chi connectivity index (χ1v) is 7.67. The molecule has 0 radical (unpaired) electrons. The van der Waals surface area contributed by atoms with Gasteiger partial charge in [0.25, 0.3) is 0 Å². The Morgan fingerprint density at radius 1 is 1.44 bits per heavy atom. The molecule has 16 heavy (non-hydrogen) atoms. The van der Waals surface area contributed by atoms with Gasteiger partial charge >= 0.3 is 0 Å². The van der Waals surface area contributed by atoms with Crippen molar-refractivity contribution in [2.75, 3.05) is 18.8 Å². The lowest BCUT2D eigenvalue weighted by Crippen LogP contribution is -2.48. The average molecular weight is 248 g/mol. The fourth-order valence-corrected chi connectivity index (χ4v) is 3.77. The molecule has 2 atom stereocenters. The summed E-state index contributed by atoms with van der Waals surface area (Å²) >= 11 is 0. The topological polar surface area (TPSA) is 63.4 Å². The first-order chi connectivity index (χ1) is 7.33. The quantitative estimate of drug-likeness (QED) is 0.808. The number of hydrogen-bond donors (Lipinski definition) is 1. The summed E-state index contributed by atoms with van der Waals surface area (Å²) in [6.07, 6.45) is 1.52. The van der Waals surface area contributed by atoms with E-state index in [9.17, 15) is 8.42 Å². The zero-order valence-electron chi connectivity index (χ0n) is 10.5. The molecule has 1 heterocycles. The standard InChI is InChI=1S/C11H24N2O2S/c1-9(2)5-7-16(14,15)13-6-4-11(12)10(3)8-13/h9-11H,4-8,12H2,1-3H3. The van der Waals surface area contributed by atoms with Gasteiger partial charge in [-0.1, -0.05) is 20.8 Å². The molecule has 4 nitrogen and oxygen atoms in total. The summed E-state index contributed by atoms with van der Waals surface area (Å²) in [5, 5.41) is 0. The summed E-state index contributed by atoms with van der Waals surface area (Å²) in [4.78, 5) is 0. The zero-order chi connectivity index (χ0) is 12.3. The van der Waals surface area contributed by atoms with Crippen molar-refractivity contribution in [1.82, 2.24) is 4.31 Å². The van der Waals surface area contributed by atoms with Crippen LogP contribution in [0.15, 0.2) is 0 Å². The van der Waals surface area contributed by atoms with E-state index in [1.54, 1.807) is 4.31 Å². The lowest BCUT2D eigenvalue weighted by molar-refractivity contribution is 0.249. The van der Waals surface area contributed by atoms with E-state index in [0.717, 1.165) is 12.8 Å². The highest BCUT2D eigenvalue weighted by molar-refractivity contribution is 7.89. The van der Waals surface area contributed by atoms with Crippen LogP contribution in [0.3, 0.4) is 0 Å². The predicted molar refractivity (Wildman–Crippen MR) is 66.6 cm³/mol. The number of sulfonamides is 1. The molecular weight excluding hydrogens is 224 g/mol. The van der Waals surface area contributed by atoms with Crippen LogP contribution in [0.4, 0.5) is 0 Å². The van der Waals surface area contributed by atoms with Gasteiger partial charge in [-0.15, -0.1) is 0 Å². The molecule has 1 aliphatic rings. The molecule has 0 amide bonds. The van der Waals surface area contributed by atoms with Gasteiger partial charge in [0.05, 0.1) is 5.75 Å². The molecule has 1 saturated heterocycles. The van der Waals surface area contributed by atoms with Gasteiger partial charge in [-0.05, 0) is 24.7 Å². The molecule has 1 rings (SSSR count). The van der Waals surface area contributed by atoms with Gasteiger partial charge in [-0.3, -0.25) is 0 Å². The lowest BCUT2D eigenvalue weighted by atomic mass is 9.96. The Labute approximate surface area is 99.2 Å². The third kappa shape index (κ3) is 3.71. The number of rotatable bonds is 4. The Balaban J connectivity index is 2.56. The minimum atomic E-state index is -3.06. The van der Waals surface area contributed by atoms with E-state index in [0.29, 0.717) is 19.0 Å². The third-order valence-corrected chi connectivity index (χ3v) is 5.15. The van der Waals surface area contributed by atoms with E-state index >= 15 is 0 Å². The highest BCUT2D eigenvalue weighted by Crippen LogP contribution is 2.19. The number of piperidine rings is 1. The van der Waals surface area contributed by atoms with Crippen molar-refractivity contribution >= 4 is 10.0 Å². The average Bonchev–Trinajstić information content (AvgIpc) is 2.19. The summed E-state index contributed by atoms with van der Waals surface area (Å²) in [6.45, 7) is 7.29. The Morgan fingerprint density at radius 3 is 2.56 bits per heavy atom. The maximum atomic E-state index is 12.0. The molecule has 0 spiro atoms. The normalized spacial score (nSPS) is 28.6. The minimum Gasteiger partial charge on any atom is -0.327 e. The number of nitrogens with two attached hydrogens (primary N) is 1. The predicted octanol–water partition coefficient (Wildman–Crippen LogP) is 1.03. The van der Waals surface area contributed by atoms with E-state index in [1.165, 1.54) is 0 Å². The van der Waals surface area contributed by atoms with Gasteiger partial charge in [-0.25, -0.2) is 12.7 Å². The van der Waals surface area contributed by atoms with Gasteiger partial charge in [-0.2, -0.15) is 0 Å². The van der Waals surface area contributed by atoms with Crippen molar-refractivity contribution in [3.05, 3.63) is 0 Å². The van der Waals surface area contributed by atoms with Crippen molar-refractivity contribution in [1.29, 1.82) is 0 Å². The molecule has 0 aromatic heterocycles. The Bertz CT molecular complexity index is 314. The van der Waals surface area contributed by atoms with E-state index in [4.69, 9.17) is 5.73 Å². The molecule has 2 N–H and O–H groups in total. The zero-order valence-corrected chi connectivity index (χ0v) is 11.3. The first-order valence-electron chi connectivity index (χ1n) is 6.06. The largest absolute Gasteiger partial charge is 0.327 e. The molecule has 1 fully saturated rings. The van der Waals surface area contributed by atoms with Gasteiger partial charge in [0.15, 0.2) is 0 Å². The Hall–Kier alpha value is -0.130. The van der Waals surface area contributed by atoms with Crippen LogP contribution >= 0.6 is 0 Å². The summed E-state index contributed by atoms with van der Waals surface area (Å²) in [5.41, 5.74) is 5.88. The molecule has 1 aliphatic heterocycles. The van der Waals surface area contributed by atoms with Crippen molar-refractivity contribution in [3.63, 3.8) is 0 Å². The monoisotopic (exact) mass is 248 g/mol. The van der Waals surface area contributed by atoms with Crippen LogP contribution in [0.25, 0.3) is 0 Å². The molecule has 0 saturated carbocycles. The maximum absolute atomic E-state index is 12.0. The second-order valence-corrected chi connectivity index (χ2v) is 7.37. The van der Waals surface area contributed by atoms with E-state index in [2.05, 4.69) is 0 Å². The number of hydrogen-bond acceptors (Lipinski definition) is 3. The van der Waals surface area contributed by atoms with Crippen LogP contribution in [0, 0.1) is 11.8 Å². The molecule has 5 heteroatoms. The SMILES string of the molecule is CC(C)CCS(=O)(=O)N1CCC(N)C(C)C1. The van der Waals surface area contributed by atoms with Crippen LogP contribution in [-0.2, 0) is 10.0 Å². The van der Waals surface area contributed by atoms with Crippen molar-refractivity contribution in [2.24, 2.45) is 17.6 Å². The highest BCUT2D eigenvalue weighted by Gasteiger charge is 2.30. The minimum absolute atomic E-state index is 0.150. The van der Waals surface area contributed by atoms with Crippen LogP contribution in [0.5, 0.6) is 0 Å². The lowest BCUT2D eigenvalue weighted by Gasteiger charge is -2.34. The Kier molecular flexibility index (Phi) is 4.76. The maximum Gasteiger partial charge on any atom is 0.214 e. The van der Waals surface area contributed by atoms with Crippen LogP contribution in [-0.4, -0.2) is 37.6 Å². The second-order valence-electron chi connectivity index (χ2n) is 5.29.